The van der Waals surface area contributed by atoms with Crippen LogP contribution in [0, 0.1) is 0 Å². The third-order valence-electron chi connectivity index (χ3n) is 3.21. The summed E-state index contributed by atoms with van der Waals surface area (Å²) >= 11 is 5.75. The third-order valence-corrected chi connectivity index (χ3v) is 3.39. The van der Waals surface area contributed by atoms with E-state index < -0.39 is 11.9 Å². The molecule has 4 N–H and O–H groups in total. The highest BCUT2D eigenvalue weighted by Gasteiger charge is 2.26. The molecule has 1 saturated heterocycles. The number of piperidine rings is 1. The van der Waals surface area contributed by atoms with Crippen LogP contribution in [0.1, 0.15) is 19.8 Å². The second-order valence-corrected chi connectivity index (χ2v) is 5.67. The Morgan fingerprint density at radius 3 is 2.26 bits per heavy atom. The van der Waals surface area contributed by atoms with Gasteiger partial charge in [-0.25, -0.2) is 19.6 Å². The summed E-state index contributed by atoms with van der Waals surface area (Å²) in [5.41, 5.74) is 6.03. The van der Waals surface area contributed by atoms with Gasteiger partial charge < -0.3 is 20.8 Å². The minimum atomic E-state index is -1.26. The monoisotopic (exact) mass is 342 g/mol. The summed E-state index contributed by atoms with van der Waals surface area (Å²) in [6.45, 7) is 3.96. The molecule has 0 atom stereocenters. The molecule has 1 aromatic heterocycles. The molecule has 0 radical (unpaired) electrons. The lowest BCUT2D eigenvalue weighted by molar-refractivity contribution is -0.134. The van der Waals surface area contributed by atoms with E-state index in [1.54, 1.807) is 6.20 Å². The van der Waals surface area contributed by atoms with Crippen LogP contribution in [0.5, 0.6) is 0 Å². The Kier molecular flexibility index (Phi) is 6.92. The summed E-state index contributed by atoms with van der Waals surface area (Å²) in [7, 11) is 0. The van der Waals surface area contributed by atoms with Crippen LogP contribution in [0.3, 0.4) is 0 Å². The van der Waals surface area contributed by atoms with E-state index in [2.05, 4.69) is 21.8 Å². The Labute approximate surface area is 138 Å². The molecular weight excluding hydrogens is 324 g/mol. The molecule has 2 heterocycles. The molecule has 0 spiro atoms. The Balaban J connectivity index is 0.000000284. The highest BCUT2D eigenvalue weighted by atomic mass is 35.5. The van der Waals surface area contributed by atoms with Crippen LogP contribution >= 0.6 is 11.6 Å². The second kappa shape index (κ2) is 8.44. The number of hydrogen-bond acceptors (Lipinski definition) is 6. The van der Waals surface area contributed by atoms with Crippen molar-refractivity contribution in [2.45, 2.75) is 25.3 Å². The van der Waals surface area contributed by atoms with Crippen molar-refractivity contribution in [1.29, 1.82) is 0 Å². The number of anilines is 1. The molecule has 0 bridgehead atoms. The molecular formula is C14H19ClN4O4. The second-order valence-electron chi connectivity index (χ2n) is 5.33. The first-order valence-electron chi connectivity index (χ1n) is 6.86. The molecule has 1 fully saturated rings. The van der Waals surface area contributed by atoms with E-state index >= 15 is 0 Å². The topological polar surface area (TPSA) is 130 Å². The number of nitrogens with zero attached hydrogens (tertiary/aromatic N) is 3. The lowest BCUT2D eigenvalue weighted by atomic mass is 9.91. The number of hydrogen-bond donors (Lipinski definition) is 3. The van der Waals surface area contributed by atoms with Crippen molar-refractivity contribution in [3.63, 3.8) is 0 Å². The maximum Gasteiger partial charge on any atom is 0.328 e. The first kappa shape index (κ1) is 18.9. The Morgan fingerprint density at radius 2 is 1.83 bits per heavy atom. The summed E-state index contributed by atoms with van der Waals surface area (Å²) in [5.74, 6) is -1.62. The summed E-state index contributed by atoms with van der Waals surface area (Å²) < 4.78 is 0. The third kappa shape index (κ3) is 7.57. The van der Waals surface area contributed by atoms with Gasteiger partial charge in [-0.15, -0.1) is 0 Å². The molecule has 8 nitrogen and oxygen atoms in total. The Hall–Kier alpha value is -2.19. The maximum absolute atomic E-state index is 9.55. The smallest absolute Gasteiger partial charge is 0.328 e. The molecule has 0 aliphatic carbocycles. The zero-order chi connectivity index (χ0) is 17.5. The number of aliphatic carboxylic acids is 2. The fourth-order valence-electron chi connectivity index (χ4n) is 1.89. The lowest BCUT2D eigenvalue weighted by Crippen LogP contribution is -2.48. The molecule has 9 heteroatoms. The fraction of sp³-hybridized carbons (Fsp3) is 0.429. The molecule has 0 saturated carbocycles. The average molecular weight is 343 g/mol. The molecule has 0 amide bonds. The molecule has 0 unspecified atom stereocenters. The van der Waals surface area contributed by atoms with Crippen LogP contribution in [0.4, 0.5) is 5.82 Å². The molecule has 1 aliphatic rings. The molecule has 126 valence electrons. The fourth-order valence-corrected chi connectivity index (χ4v) is 2.03. The Bertz CT molecular complexity index is 566. The summed E-state index contributed by atoms with van der Waals surface area (Å²) in [5, 5.41) is 15.9. The van der Waals surface area contributed by atoms with E-state index in [0.717, 1.165) is 31.7 Å². The van der Waals surface area contributed by atoms with Crippen molar-refractivity contribution in [2.75, 3.05) is 18.0 Å². The van der Waals surface area contributed by atoms with Gasteiger partial charge in [-0.05, 0) is 37.4 Å². The lowest BCUT2D eigenvalue weighted by Gasteiger charge is -2.37. The highest BCUT2D eigenvalue weighted by molar-refractivity contribution is 6.28. The van der Waals surface area contributed by atoms with Gasteiger partial charge in [-0.1, -0.05) is 0 Å². The van der Waals surface area contributed by atoms with Crippen LogP contribution in [0.15, 0.2) is 24.4 Å². The number of carbonyl (C=O) groups is 2. The highest BCUT2D eigenvalue weighted by Crippen LogP contribution is 2.23. The van der Waals surface area contributed by atoms with Gasteiger partial charge in [0.1, 0.15) is 5.82 Å². The number of nitrogens with two attached hydrogens (primary N) is 1. The summed E-state index contributed by atoms with van der Waals surface area (Å²) in [6.07, 6.45) is 4.76. The van der Waals surface area contributed by atoms with Crippen LogP contribution in [0.2, 0.25) is 5.28 Å². The molecule has 0 aromatic carbocycles. The van der Waals surface area contributed by atoms with Gasteiger partial charge >= 0.3 is 11.9 Å². The van der Waals surface area contributed by atoms with E-state index in [-0.39, 0.29) is 5.54 Å². The standard InChI is InChI=1S/C10H15ClN4.C4H4O4/c1-10(12)3-6-15(7-4-10)8-2-5-13-9(11)14-8;5-3(6)1-2-4(7)8/h2,5H,3-4,6-7,12H2,1H3;1-2H,(H,5,6)(H,7,8)/b;2-1-. The minimum absolute atomic E-state index is 0.0344. The number of carboxylic acids is 2. The number of carboxylic acid groups (broad SMARTS) is 2. The van der Waals surface area contributed by atoms with E-state index in [4.69, 9.17) is 27.5 Å². The summed E-state index contributed by atoms with van der Waals surface area (Å²) in [6, 6.07) is 1.88. The van der Waals surface area contributed by atoms with E-state index in [9.17, 15) is 9.59 Å². The van der Waals surface area contributed by atoms with Crippen LogP contribution < -0.4 is 10.6 Å². The predicted molar refractivity (Wildman–Crippen MR) is 85.5 cm³/mol. The summed E-state index contributed by atoms with van der Waals surface area (Å²) in [4.78, 5) is 29.4. The van der Waals surface area contributed by atoms with Crippen LogP contribution in [-0.2, 0) is 9.59 Å². The number of rotatable bonds is 3. The van der Waals surface area contributed by atoms with Crippen molar-refractivity contribution in [3.05, 3.63) is 29.7 Å². The zero-order valence-electron chi connectivity index (χ0n) is 12.6. The van der Waals surface area contributed by atoms with Gasteiger partial charge in [-0.2, -0.15) is 0 Å². The molecule has 1 aliphatic heterocycles. The predicted octanol–water partition coefficient (Wildman–Crippen LogP) is 1.16. The van der Waals surface area contributed by atoms with Crippen molar-refractivity contribution in [1.82, 2.24) is 9.97 Å². The van der Waals surface area contributed by atoms with Crippen molar-refractivity contribution < 1.29 is 19.8 Å². The molecule has 1 aromatic rings. The average Bonchev–Trinajstić information content (AvgIpc) is 2.46. The van der Waals surface area contributed by atoms with Crippen LogP contribution in [0.25, 0.3) is 0 Å². The zero-order valence-corrected chi connectivity index (χ0v) is 13.4. The van der Waals surface area contributed by atoms with E-state index in [0.29, 0.717) is 17.4 Å². The quantitative estimate of drug-likeness (QED) is 0.551. The van der Waals surface area contributed by atoms with Gasteiger partial charge in [0.25, 0.3) is 0 Å². The largest absolute Gasteiger partial charge is 0.478 e. The van der Waals surface area contributed by atoms with Crippen LogP contribution in [-0.4, -0.2) is 50.7 Å². The first-order valence-corrected chi connectivity index (χ1v) is 7.24. The van der Waals surface area contributed by atoms with Gasteiger partial charge in [0.2, 0.25) is 5.28 Å². The SMILES string of the molecule is CC1(N)CCN(c2ccnc(Cl)n2)CC1.O=C(O)/C=C\C(=O)O. The first-order chi connectivity index (χ1) is 10.7. The normalized spacial score (nSPS) is 16.6. The van der Waals surface area contributed by atoms with Crippen molar-refractivity contribution in [3.8, 4) is 0 Å². The van der Waals surface area contributed by atoms with Gasteiger partial charge in [-0.3, -0.25) is 0 Å². The van der Waals surface area contributed by atoms with Gasteiger partial charge in [0.15, 0.2) is 0 Å². The minimum Gasteiger partial charge on any atom is -0.478 e. The molecule has 23 heavy (non-hydrogen) atoms. The molecule has 2 rings (SSSR count). The Morgan fingerprint density at radius 1 is 1.30 bits per heavy atom. The van der Waals surface area contributed by atoms with E-state index in [1.165, 1.54) is 0 Å². The van der Waals surface area contributed by atoms with Gasteiger partial charge in [0, 0.05) is 37.0 Å². The maximum atomic E-state index is 9.55. The van der Waals surface area contributed by atoms with Crippen molar-refractivity contribution >= 4 is 29.4 Å². The van der Waals surface area contributed by atoms with Crippen molar-refractivity contribution in [2.24, 2.45) is 5.73 Å². The number of halogens is 1. The van der Waals surface area contributed by atoms with Gasteiger partial charge in [0.05, 0.1) is 0 Å². The number of aromatic nitrogens is 2. The van der Waals surface area contributed by atoms with E-state index in [1.807, 2.05) is 6.07 Å².